The second kappa shape index (κ2) is 5.96. The standard InChI is InChI=1S/C15H19N3O2/c1-9(2)16-8-12-17-14(19)13(15(20)18-12)11-6-4-5-10(3)7-11/h4-7,9,13,16H,8H2,1-3H3,(H,17,18,19,20). The molecule has 0 aromatic heterocycles. The molecule has 1 aliphatic rings. The van der Waals surface area contributed by atoms with Crippen molar-refractivity contribution in [1.82, 2.24) is 10.6 Å². The van der Waals surface area contributed by atoms with Gasteiger partial charge in [0.05, 0.1) is 6.54 Å². The zero-order valence-electron chi connectivity index (χ0n) is 11.9. The van der Waals surface area contributed by atoms with Gasteiger partial charge in [-0.3, -0.25) is 9.59 Å². The molecule has 1 aromatic carbocycles. The van der Waals surface area contributed by atoms with Gasteiger partial charge >= 0.3 is 0 Å². The number of amidine groups is 1. The van der Waals surface area contributed by atoms with Crippen LogP contribution in [-0.4, -0.2) is 30.2 Å². The smallest absolute Gasteiger partial charge is 0.264 e. The minimum absolute atomic E-state index is 0.263. The van der Waals surface area contributed by atoms with E-state index >= 15 is 0 Å². The van der Waals surface area contributed by atoms with Crippen molar-refractivity contribution >= 4 is 17.6 Å². The molecule has 20 heavy (non-hydrogen) atoms. The van der Waals surface area contributed by atoms with Crippen molar-refractivity contribution in [2.24, 2.45) is 4.99 Å². The zero-order valence-corrected chi connectivity index (χ0v) is 11.9. The summed E-state index contributed by atoms with van der Waals surface area (Å²) < 4.78 is 0. The summed E-state index contributed by atoms with van der Waals surface area (Å²) in [6.07, 6.45) is 0. The highest BCUT2D eigenvalue weighted by Gasteiger charge is 2.33. The van der Waals surface area contributed by atoms with Crippen molar-refractivity contribution in [3.8, 4) is 0 Å². The lowest BCUT2D eigenvalue weighted by Crippen LogP contribution is -2.47. The Kier molecular flexibility index (Phi) is 4.29. The van der Waals surface area contributed by atoms with Gasteiger partial charge in [-0.15, -0.1) is 0 Å². The number of hydrogen-bond donors (Lipinski definition) is 2. The van der Waals surface area contributed by atoms with E-state index in [1.165, 1.54) is 0 Å². The van der Waals surface area contributed by atoms with Crippen LogP contribution in [0.1, 0.15) is 30.9 Å². The van der Waals surface area contributed by atoms with Crippen molar-refractivity contribution < 1.29 is 9.59 Å². The maximum Gasteiger partial charge on any atom is 0.264 e. The number of nitrogens with one attached hydrogen (secondary N) is 2. The summed E-state index contributed by atoms with van der Waals surface area (Å²) in [5.41, 5.74) is 1.70. The maximum atomic E-state index is 12.1. The van der Waals surface area contributed by atoms with Crippen molar-refractivity contribution in [2.45, 2.75) is 32.7 Å². The van der Waals surface area contributed by atoms with Crippen LogP contribution in [0.4, 0.5) is 0 Å². The molecule has 1 heterocycles. The lowest BCUT2D eigenvalue weighted by atomic mass is 9.95. The van der Waals surface area contributed by atoms with Crippen molar-refractivity contribution in [2.75, 3.05) is 6.54 Å². The molecule has 1 aliphatic heterocycles. The number of benzene rings is 1. The van der Waals surface area contributed by atoms with E-state index in [9.17, 15) is 9.59 Å². The molecular formula is C15H19N3O2. The van der Waals surface area contributed by atoms with Gasteiger partial charge in [-0.05, 0) is 12.5 Å². The van der Waals surface area contributed by atoms with Crippen LogP contribution in [0.3, 0.4) is 0 Å². The van der Waals surface area contributed by atoms with Gasteiger partial charge in [0, 0.05) is 6.04 Å². The number of rotatable bonds is 4. The number of aliphatic imine (C=N–C) groups is 1. The average molecular weight is 273 g/mol. The van der Waals surface area contributed by atoms with Gasteiger partial charge < -0.3 is 10.6 Å². The van der Waals surface area contributed by atoms with E-state index in [-0.39, 0.29) is 11.9 Å². The summed E-state index contributed by atoms with van der Waals surface area (Å²) in [5, 5.41) is 5.82. The summed E-state index contributed by atoms with van der Waals surface area (Å²) in [6.45, 7) is 6.29. The fraction of sp³-hybridized carbons (Fsp3) is 0.400. The topological polar surface area (TPSA) is 70.6 Å². The van der Waals surface area contributed by atoms with E-state index in [4.69, 9.17) is 0 Å². The molecule has 0 saturated heterocycles. The lowest BCUT2D eigenvalue weighted by Gasteiger charge is -2.21. The molecule has 1 aromatic rings. The first kappa shape index (κ1) is 14.4. The Hall–Kier alpha value is -2.01. The molecule has 0 saturated carbocycles. The van der Waals surface area contributed by atoms with Crippen LogP contribution in [0.5, 0.6) is 0 Å². The highest BCUT2D eigenvalue weighted by Crippen LogP contribution is 2.21. The van der Waals surface area contributed by atoms with Gasteiger partial charge in [-0.25, -0.2) is 0 Å². The molecule has 2 N–H and O–H groups in total. The summed E-state index contributed by atoms with van der Waals surface area (Å²) >= 11 is 0. The fourth-order valence-corrected chi connectivity index (χ4v) is 2.08. The molecule has 5 heteroatoms. The molecule has 0 fully saturated rings. The molecule has 0 bridgehead atoms. The predicted molar refractivity (Wildman–Crippen MR) is 77.6 cm³/mol. The number of amides is 2. The molecule has 0 radical (unpaired) electrons. The third kappa shape index (κ3) is 3.30. The van der Waals surface area contributed by atoms with E-state index in [1.54, 1.807) is 6.07 Å². The largest absolute Gasteiger partial charge is 0.312 e. The molecule has 1 atom stereocenters. The third-order valence-corrected chi connectivity index (χ3v) is 3.07. The average Bonchev–Trinajstić information content (AvgIpc) is 2.35. The van der Waals surface area contributed by atoms with E-state index < -0.39 is 11.8 Å². The molecule has 0 spiro atoms. The fourth-order valence-electron chi connectivity index (χ4n) is 2.08. The van der Waals surface area contributed by atoms with Crippen molar-refractivity contribution in [3.05, 3.63) is 35.4 Å². The molecule has 2 rings (SSSR count). The Labute approximate surface area is 118 Å². The van der Waals surface area contributed by atoms with Crippen LogP contribution in [0.15, 0.2) is 29.3 Å². The quantitative estimate of drug-likeness (QED) is 0.808. The Morgan fingerprint density at radius 1 is 1.35 bits per heavy atom. The molecule has 106 valence electrons. The van der Waals surface area contributed by atoms with Crippen LogP contribution in [0.25, 0.3) is 0 Å². The Morgan fingerprint density at radius 3 is 2.70 bits per heavy atom. The predicted octanol–water partition coefficient (Wildman–Crippen LogP) is 1.13. The molecule has 5 nitrogen and oxygen atoms in total. The lowest BCUT2D eigenvalue weighted by molar-refractivity contribution is -0.129. The number of nitrogens with zero attached hydrogens (tertiary/aromatic N) is 1. The van der Waals surface area contributed by atoms with E-state index in [0.29, 0.717) is 17.9 Å². The normalized spacial score (nSPS) is 19.0. The van der Waals surface area contributed by atoms with Crippen molar-refractivity contribution in [3.63, 3.8) is 0 Å². The van der Waals surface area contributed by atoms with Gasteiger partial charge in [0.1, 0.15) is 11.8 Å². The SMILES string of the molecule is Cc1cccc(C2C(=O)N=C(CNC(C)C)NC2=O)c1. The first-order valence-electron chi connectivity index (χ1n) is 6.69. The number of hydrogen-bond acceptors (Lipinski definition) is 3. The summed E-state index contributed by atoms with van der Waals surface area (Å²) in [6, 6.07) is 7.65. The summed E-state index contributed by atoms with van der Waals surface area (Å²) in [5.74, 6) is -1.16. The van der Waals surface area contributed by atoms with Crippen LogP contribution in [0.2, 0.25) is 0 Å². The Bertz CT molecular complexity index is 564. The van der Waals surface area contributed by atoms with Gasteiger partial charge in [0.25, 0.3) is 5.91 Å². The highest BCUT2D eigenvalue weighted by atomic mass is 16.2. The van der Waals surface area contributed by atoms with Crippen molar-refractivity contribution in [1.29, 1.82) is 0 Å². The zero-order chi connectivity index (χ0) is 14.7. The number of aryl methyl sites for hydroxylation is 1. The molecule has 2 amide bonds. The maximum absolute atomic E-state index is 12.1. The minimum atomic E-state index is -0.835. The monoisotopic (exact) mass is 273 g/mol. The highest BCUT2D eigenvalue weighted by molar-refractivity contribution is 6.19. The van der Waals surface area contributed by atoms with Gasteiger partial charge in [0.15, 0.2) is 0 Å². The van der Waals surface area contributed by atoms with E-state index in [2.05, 4.69) is 15.6 Å². The first-order chi connectivity index (χ1) is 9.47. The van der Waals surface area contributed by atoms with Gasteiger partial charge in [0.2, 0.25) is 5.91 Å². The van der Waals surface area contributed by atoms with Crippen LogP contribution in [-0.2, 0) is 9.59 Å². The molecular weight excluding hydrogens is 254 g/mol. The Balaban J connectivity index is 2.18. The molecule has 0 aliphatic carbocycles. The minimum Gasteiger partial charge on any atom is -0.312 e. The third-order valence-electron chi connectivity index (χ3n) is 3.07. The first-order valence-corrected chi connectivity index (χ1v) is 6.69. The van der Waals surface area contributed by atoms with Crippen LogP contribution < -0.4 is 10.6 Å². The second-order valence-corrected chi connectivity index (χ2v) is 5.27. The molecule has 1 unspecified atom stereocenters. The number of carbonyl (C=O) groups is 2. The van der Waals surface area contributed by atoms with Crippen LogP contribution in [0, 0.1) is 6.92 Å². The number of carbonyl (C=O) groups excluding carboxylic acids is 2. The Morgan fingerprint density at radius 2 is 2.10 bits per heavy atom. The summed E-state index contributed by atoms with van der Waals surface area (Å²) in [7, 11) is 0. The van der Waals surface area contributed by atoms with E-state index in [1.807, 2.05) is 39.0 Å². The summed E-state index contributed by atoms with van der Waals surface area (Å²) in [4.78, 5) is 28.2. The van der Waals surface area contributed by atoms with E-state index in [0.717, 1.165) is 5.56 Å². The van der Waals surface area contributed by atoms with Crippen LogP contribution >= 0.6 is 0 Å². The second-order valence-electron chi connectivity index (χ2n) is 5.27. The van der Waals surface area contributed by atoms with Gasteiger partial charge in [-0.2, -0.15) is 4.99 Å². The van der Waals surface area contributed by atoms with Gasteiger partial charge in [-0.1, -0.05) is 43.7 Å².